The number of aromatic nitrogens is 4. The minimum absolute atomic E-state index is 0.00754. The summed E-state index contributed by atoms with van der Waals surface area (Å²) in [5, 5.41) is 12.1. The molecule has 0 aliphatic carbocycles. The van der Waals surface area contributed by atoms with Crippen molar-refractivity contribution in [1.82, 2.24) is 24.9 Å². The summed E-state index contributed by atoms with van der Waals surface area (Å²) in [5.74, 6) is 1.14. The van der Waals surface area contributed by atoms with Gasteiger partial charge in [0.05, 0.1) is 0 Å². The molecule has 0 saturated heterocycles. The van der Waals surface area contributed by atoms with Crippen LogP contribution < -0.4 is 16.3 Å². The molecule has 0 fully saturated rings. The maximum atomic E-state index is 11.4. The van der Waals surface area contributed by atoms with Crippen molar-refractivity contribution in [3.05, 3.63) is 22.4 Å². The largest absolute Gasteiger partial charge is 0.369 e. The van der Waals surface area contributed by atoms with Gasteiger partial charge in [-0.2, -0.15) is 5.10 Å². The highest BCUT2D eigenvalue weighted by Gasteiger charge is 2.07. The Kier molecular flexibility index (Phi) is 4.34. The van der Waals surface area contributed by atoms with Crippen molar-refractivity contribution >= 4 is 17.4 Å². The van der Waals surface area contributed by atoms with Gasteiger partial charge >= 0.3 is 5.69 Å². The molecule has 2 aromatic heterocycles. The van der Waals surface area contributed by atoms with Gasteiger partial charge in [-0.1, -0.05) is 6.92 Å². The van der Waals surface area contributed by atoms with Crippen LogP contribution >= 0.6 is 0 Å². The predicted molar refractivity (Wildman–Crippen MR) is 74.8 cm³/mol. The first-order valence-corrected chi connectivity index (χ1v) is 6.57. The van der Waals surface area contributed by atoms with Crippen molar-refractivity contribution in [2.75, 3.05) is 18.4 Å². The molecule has 2 rings (SSSR count). The first-order chi connectivity index (χ1) is 9.61. The van der Waals surface area contributed by atoms with Crippen LogP contribution in [0.5, 0.6) is 0 Å². The Morgan fingerprint density at radius 1 is 1.45 bits per heavy atom. The Morgan fingerprint density at radius 3 is 3.00 bits per heavy atom. The summed E-state index contributed by atoms with van der Waals surface area (Å²) < 4.78 is 1.39. The number of rotatable bonds is 6. The van der Waals surface area contributed by atoms with E-state index in [0.717, 1.165) is 6.42 Å². The van der Waals surface area contributed by atoms with E-state index in [2.05, 4.69) is 25.8 Å². The second kappa shape index (κ2) is 6.18. The fourth-order valence-electron chi connectivity index (χ4n) is 1.85. The van der Waals surface area contributed by atoms with E-state index in [4.69, 9.17) is 0 Å². The molecule has 0 saturated carbocycles. The number of carbonyl (C=O) groups is 1. The van der Waals surface area contributed by atoms with Crippen LogP contribution in [-0.2, 0) is 4.79 Å². The molecule has 0 radical (unpaired) electrons. The van der Waals surface area contributed by atoms with Gasteiger partial charge < -0.3 is 10.6 Å². The molecule has 0 aromatic carbocycles. The average molecular weight is 278 g/mol. The van der Waals surface area contributed by atoms with E-state index in [9.17, 15) is 9.59 Å². The lowest BCUT2D eigenvalue weighted by Crippen LogP contribution is -2.26. The number of nitrogens with zero attached hydrogens (tertiary/aromatic N) is 3. The standard InChI is InChI=1S/C12H18N6O2/c1-3-5-14-11(19)4-6-13-9-7-10-16-17-12(20)18(10)8(2)15-9/h7,13H,3-6H2,1-2H3,(H,14,19)(H,17,20). The quantitative estimate of drug-likeness (QED) is 0.693. The number of nitrogens with one attached hydrogen (secondary N) is 3. The zero-order chi connectivity index (χ0) is 14.5. The predicted octanol–water partition coefficient (Wildman–Crippen LogP) is 0.0542. The summed E-state index contributed by atoms with van der Waals surface area (Å²) in [6.07, 6.45) is 1.30. The first-order valence-electron chi connectivity index (χ1n) is 6.57. The zero-order valence-corrected chi connectivity index (χ0v) is 11.6. The van der Waals surface area contributed by atoms with Gasteiger partial charge in [-0.15, -0.1) is 0 Å². The van der Waals surface area contributed by atoms with Crippen LogP contribution in [0.25, 0.3) is 5.65 Å². The number of anilines is 1. The number of H-pyrrole nitrogens is 1. The molecule has 0 aliphatic rings. The number of carbonyl (C=O) groups excluding carboxylic acids is 1. The third kappa shape index (κ3) is 3.14. The Labute approximate surface area is 115 Å². The maximum Gasteiger partial charge on any atom is 0.349 e. The third-order valence-electron chi connectivity index (χ3n) is 2.80. The van der Waals surface area contributed by atoms with E-state index in [0.29, 0.717) is 36.8 Å². The fraction of sp³-hybridized carbons (Fsp3) is 0.500. The van der Waals surface area contributed by atoms with Gasteiger partial charge in [0, 0.05) is 25.6 Å². The van der Waals surface area contributed by atoms with Gasteiger partial charge in [0.2, 0.25) is 5.91 Å². The zero-order valence-electron chi connectivity index (χ0n) is 11.6. The van der Waals surface area contributed by atoms with Gasteiger partial charge in [-0.3, -0.25) is 4.79 Å². The molecule has 2 aromatic rings. The molecule has 0 spiro atoms. The van der Waals surface area contributed by atoms with Gasteiger partial charge in [0.25, 0.3) is 0 Å². The van der Waals surface area contributed by atoms with E-state index < -0.39 is 0 Å². The van der Waals surface area contributed by atoms with Gasteiger partial charge in [-0.05, 0) is 13.3 Å². The average Bonchev–Trinajstić information content (AvgIpc) is 2.78. The normalized spacial score (nSPS) is 10.7. The third-order valence-corrected chi connectivity index (χ3v) is 2.80. The molecule has 8 nitrogen and oxygen atoms in total. The Bertz CT molecular complexity index is 660. The fourth-order valence-corrected chi connectivity index (χ4v) is 1.85. The SMILES string of the molecule is CCCNC(=O)CCNc1cc2n[nH]c(=O)n2c(C)n1. The molecule has 1 amide bonds. The summed E-state index contributed by atoms with van der Waals surface area (Å²) in [5.41, 5.74) is 0.191. The van der Waals surface area contributed by atoms with Crippen LogP contribution in [0.4, 0.5) is 5.82 Å². The summed E-state index contributed by atoms with van der Waals surface area (Å²) in [4.78, 5) is 27.1. The van der Waals surface area contributed by atoms with Crippen LogP contribution in [0.3, 0.4) is 0 Å². The summed E-state index contributed by atoms with van der Waals surface area (Å²) in [6, 6.07) is 1.66. The summed E-state index contributed by atoms with van der Waals surface area (Å²) in [6.45, 7) is 4.90. The Morgan fingerprint density at radius 2 is 2.25 bits per heavy atom. The van der Waals surface area contributed by atoms with Gasteiger partial charge in [0.15, 0.2) is 5.65 Å². The van der Waals surface area contributed by atoms with Crippen molar-refractivity contribution in [3.8, 4) is 0 Å². The van der Waals surface area contributed by atoms with Crippen LogP contribution in [0, 0.1) is 6.92 Å². The highest BCUT2D eigenvalue weighted by atomic mass is 16.2. The van der Waals surface area contributed by atoms with Crippen molar-refractivity contribution in [1.29, 1.82) is 0 Å². The van der Waals surface area contributed by atoms with E-state index >= 15 is 0 Å². The second-order valence-electron chi connectivity index (χ2n) is 4.44. The van der Waals surface area contributed by atoms with E-state index in [1.165, 1.54) is 4.40 Å². The number of aromatic amines is 1. The van der Waals surface area contributed by atoms with Crippen molar-refractivity contribution in [2.45, 2.75) is 26.7 Å². The van der Waals surface area contributed by atoms with Crippen LogP contribution in [-0.4, -0.2) is 38.6 Å². The first kappa shape index (κ1) is 14.0. The topological polar surface area (TPSA) is 104 Å². The highest BCUT2D eigenvalue weighted by Crippen LogP contribution is 2.07. The van der Waals surface area contributed by atoms with Crippen molar-refractivity contribution < 1.29 is 4.79 Å². The molecular formula is C12H18N6O2. The lowest BCUT2D eigenvalue weighted by Gasteiger charge is -2.07. The molecule has 108 valence electrons. The Balaban J connectivity index is 1.97. The summed E-state index contributed by atoms with van der Waals surface area (Å²) in [7, 11) is 0. The minimum atomic E-state index is -0.310. The van der Waals surface area contributed by atoms with Crippen molar-refractivity contribution in [2.24, 2.45) is 0 Å². The van der Waals surface area contributed by atoms with Crippen LogP contribution in [0.2, 0.25) is 0 Å². The number of fused-ring (bicyclic) bond motifs is 1. The molecule has 0 atom stereocenters. The van der Waals surface area contributed by atoms with E-state index in [1.807, 2.05) is 6.92 Å². The van der Waals surface area contributed by atoms with E-state index in [-0.39, 0.29) is 11.6 Å². The molecule has 0 aliphatic heterocycles. The Hall–Kier alpha value is -2.38. The van der Waals surface area contributed by atoms with Crippen LogP contribution in [0.1, 0.15) is 25.6 Å². The molecule has 8 heteroatoms. The number of amides is 1. The number of hydrogen-bond donors (Lipinski definition) is 3. The molecule has 2 heterocycles. The van der Waals surface area contributed by atoms with E-state index in [1.54, 1.807) is 13.0 Å². The lowest BCUT2D eigenvalue weighted by molar-refractivity contribution is -0.120. The maximum absolute atomic E-state index is 11.4. The number of aryl methyl sites for hydroxylation is 1. The molecular weight excluding hydrogens is 260 g/mol. The molecule has 3 N–H and O–H groups in total. The number of hydrogen-bond acceptors (Lipinski definition) is 5. The van der Waals surface area contributed by atoms with Crippen LogP contribution in [0.15, 0.2) is 10.9 Å². The second-order valence-corrected chi connectivity index (χ2v) is 4.44. The lowest BCUT2D eigenvalue weighted by atomic mass is 10.3. The molecule has 0 unspecified atom stereocenters. The van der Waals surface area contributed by atoms with Gasteiger partial charge in [-0.25, -0.2) is 19.3 Å². The summed E-state index contributed by atoms with van der Waals surface area (Å²) >= 11 is 0. The monoisotopic (exact) mass is 278 g/mol. The van der Waals surface area contributed by atoms with Crippen molar-refractivity contribution in [3.63, 3.8) is 0 Å². The minimum Gasteiger partial charge on any atom is -0.369 e. The smallest absolute Gasteiger partial charge is 0.349 e. The molecule has 20 heavy (non-hydrogen) atoms. The highest BCUT2D eigenvalue weighted by molar-refractivity contribution is 5.76. The molecule has 0 bridgehead atoms. The van der Waals surface area contributed by atoms with Gasteiger partial charge in [0.1, 0.15) is 11.6 Å².